The number of ketones is 1. The number of rotatable bonds is 8. The minimum absolute atomic E-state index is 0.0866. The summed E-state index contributed by atoms with van der Waals surface area (Å²) in [5.41, 5.74) is 3.32. The maximum atomic E-state index is 13.2. The van der Waals surface area contributed by atoms with E-state index in [2.05, 4.69) is 18.8 Å². The van der Waals surface area contributed by atoms with E-state index < -0.39 is 17.7 Å². The summed E-state index contributed by atoms with van der Waals surface area (Å²) in [5.74, 6) is -0.492. The van der Waals surface area contributed by atoms with Crippen molar-refractivity contribution in [3.05, 3.63) is 101 Å². The average Bonchev–Trinajstić information content (AvgIpc) is 3.13. The first-order chi connectivity index (χ1) is 16.9. The Bertz CT molecular complexity index is 1220. The molecule has 4 rings (SSSR count). The van der Waals surface area contributed by atoms with Crippen molar-refractivity contribution in [3.63, 3.8) is 0 Å². The van der Waals surface area contributed by atoms with Crippen molar-refractivity contribution in [2.24, 2.45) is 0 Å². The molecule has 1 atom stereocenters. The highest BCUT2D eigenvalue weighted by atomic mass is 16.5. The fourth-order valence-corrected chi connectivity index (χ4v) is 4.22. The molecule has 1 saturated heterocycles. The Morgan fingerprint density at radius 3 is 2.26 bits per heavy atom. The summed E-state index contributed by atoms with van der Waals surface area (Å²) in [7, 11) is 0. The highest BCUT2D eigenvalue weighted by molar-refractivity contribution is 6.46. The molecule has 2 heterocycles. The SMILES string of the molecule is CCCOc1ccc(/C(O)=C2/C(=O)C(=O)N(Cc3ccncc3)C2c2ccc(C(C)C)cc2)cc1. The molecule has 0 radical (unpaired) electrons. The predicted octanol–water partition coefficient (Wildman–Crippen LogP) is 5.62. The third kappa shape index (κ3) is 5.11. The predicted molar refractivity (Wildman–Crippen MR) is 135 cm³/mol. The number of aliphatic hydroxyl groups excluding tert-OH is 1. The number of likely N-dealkylation sites (tertiary alicyclic amines) is 1. The van der Waals surface area contributed by atoms with Crippen molar-refractivity contribution in [1.29, 1.82) is 0 Å². The lowest BCUT2D eigenvalue weighted by molar-refractivity contribution is -0.140. The summed E-state index contributed by atoms with van der Waals surface area (Å²) in [5, 5.41) is 11.3. The zero-order chi connectivity index (χ0) is 24.9. The standard InChI is InChI=1S/C29H30N2O4/c1-4-17-35-24-11-9-23(10-12-24)27(32)25-26(22-7-5-21(6-8-22)19(2)3)31(29(34)28(25)33)18-20-13-15-30-16-14-20/h5-16,19,26,32H,4,17-18H2,1-3H3/b27-25-. The number of hydrogen-bond donors (Lipinski definition) is 1. The first-order valence-corrected chi connectivity index (χ1v) is 11.9. The van der Waals surface area contributed by atoms with Crippen LogP contribution < -0.4 is 4.74 Å². The van der Waals surface area contributed by atoms with Crippen molar-refractivity contribution >= 4 is 17.4 Å². The summed E-state index contributed by atoms with van der Waals surface area (Å²) in [6, 6.07) is 17.7. The molecule has 1 N–H and O–H groups in total. The van der Waals surface area contributed by atoms with E-state index in [9.17, 15) is 14.7 Å². The zero-order valence-electron chi connectivity index (χ0n) is 20.3. The Morgan fingerprint density at radius 2 is 1.66 bits per heavy atom. The second-order valence-corrected chi connectivity index (χ2v) is 8.98. The van der Waals surface area contributed by atoms with Crippen LogP contribution in [-0.4, -0.2) is 33.3 Å². The molecule has 1 aromatic heterocycles. The van der Waals surface area contributed by atoms with Gasteiger partial charge in [-0.1, -0.05) is 45.0 Å². The molecule has 1 fully saturated rings. The van der Waals surface area contributed by atoms with E-state index in [4.69, 9.17) is 4.74 Å². The molecule has 1 unspecified atom stereocenters. The van der Waals surface area contributed by atoms with Gasteiger partial charge in [-0.15, -0.1) is 0 Å². The fourth-order valence-electron chi connectivity index (χ4n) is 4.22. The minimum Gasteiger partial charge on any atom is -0.507 e. The van der Waals surface area contributed by atoms with E-state index in [0.29, 0.717) is 23.8 Å². The molecule has 6 heteroatoms. The Morgan fingerprint density at radius 1 is 1.00 bits per heavy atom. The van der Waals surface area contributed by atoms with Gasteiger partial charge in [0.25, 0.3) is 11.7 Å². The molecule has 2 aromatic carbocycles. The van der Waals surface area contributed by atoms with Gasteiger partial charge in [-0.3, -0.25) is 14.6 Å². The second kappa shape index (κ2) is 10.6. The van der Waals surface area contributed by atoms with Gasteiger partial charge in [-0.05, 0) is 65.4 Å². The van der Waals surface area contributed by atoms with Crippen molar-refractivity contribution < 1.29 is 19.4 Å². The molecule has 180 valence electrons. The van der Waals surface area contributed by atoms with Crippen LogP contribution in [0.4, 0.5) is 0 Å². The van der Waals surface area contributed by atoms with Crippen LogP contribution in [-0.2, 0) is 16.1 Å². The minimum atomic E-state index is -0.708. The van der Waals surface area contributed by atoms with E-state index >= 15 is 0 Å². The van der Waals surface area contributed by atoms with Crippen LogP contribution >= 0.6 is 0 Å². The van der Waals surface area contributed by atoms with E-state index in [1.54, 1.807) is 36.7 Å². The van der Waals surface area contributed by atoms with Crippen molar-refractivity contribution in [2.75, 3.05) is 6.61 Å². The van der Waals surface area contributed by atoms with Gasteiger partial charge < -0.3 is 14.7 Å². The second-order valence-electron chi connectivity index (χ2n) is 8.98. The summed E-state index contributed by atoms with van der Waals surface area (Å²) < 4.78 is 5.63. The van der Waals surface area contributed by atoms with E-state index in [1.165, 1.54) is 4.90 Å². The molecule has 0 spiro atoms. The molecule has 3 aromatic rings. The van der Waals surface area contributed by atoms with Gasteiger partial charge in [-0.2, -0.15) is 0 Å². The first-order valence-electron chi connectivity index (χ1n) is 11.9. The molecule has 0 aliphatic carbocycles. The zero-order valence-corrected chi connectivity index (χ0v) is 20.3. The Balaban J connectivity index is 1.78. The largest absolute Gasteiger partial charge is 0.507 e. The monoisotopic (exact) mass is 470 g/mol. The van der Waals surface area contributed by atoms with E-state index in [-0.39, 0.29) is 17.9 Å². The maximum absolute atomic E-state index is 13.2. The quantitative estimate of drug-likeness (QED) is 0.263. The number of amides is 1. The number of Topliss-reactive ketones (excluding diaryl/α,β-unsaturated/α-hetero) is 1. The van der Waals surface area contributed by atoms with Crippen LogP contribution in [0.2, 0.25) is 0 Å². The number of carbonyl (C=O) groups is 2. The summed E-state index contributed by atoms with van der Waals surface area (Å²) in [6.07, 6.45) is 4.19. The number of aromatic nitrogens is 1. The van der Waals surface area contributed by atoms with Crippen LogP contribution in [0, 0.1) is 0 Å². The fraction of sp³-hybridized carbons (Fsp3) is 0.276. The first kappa shape index (κ1) is 24.2. The molecule has 1 aliphatic rings. The Hall–Kier alpha value is -3.93. The van der Waals surface area contributed by atoms with Gasteiger partial charge in [0, 0.05) is 24.5 Å². The number of nitrogens with zero attached hydrogens (tertiary/aromatic N) is 2. The van der Waals surface area contributed by atoms with Crippen molar-refractivity contribution in [1.82, 2.24) is 9.88 Å². The van der Waals surface area contributed by atoms with Gasteiger partial charge >= 0.3 is 0 Å². The van der Waals surface area contributed by atoms with Crippen LogP contribution in [0.5, 0.6) is 5.75 Å². The van der Waals surface area contributed by atoms with Gasteiger partial charge in [-0.25, -0.2) is 0 Å². The molecule has 6 nitrogen and oxygen atoms in total. The number of aliphatic hydroxyl groups is 1. The van der Waals surface area contributed by atoms with Gasteiger partial charge in [0.2, 0.25) is 0 Å². The summed E-state index contributed by atoms with van der Waals surface area (Å²) in [6.45, 7) is 7.07. The molecule has 35 heavy (non-hydrogen) atoms. The molecule has 1 aliphatic heterocycles. The molecule has 0 bridgehead atoms. The summed E-state index contributed by atoms with van der Waals surface area (Å²) >= 11 is 0. The Labute approximate surface area is 205 Å². The number of ether oxygens (including phenoxy) is 1. The Kier molecular flexibility index (Phi) is 7.30. The van der Waals surface area contributed by atoms with E-state index in [0.717, 1.165) is 23.1 Å². The third-order valence-electron chi connectivity index (χ3n) is 6.16. The highest BCUT2D eigenvalue weighted by Crippen LogP contribution is 2.40. The van der Waals surface area contributed by atoms with Gasteiger partial charge in [0.15, 0.2) is 0 Å². The van der Waals surface area contributed by atoms with Gasteiger partial charge in [0.05, 0.1) is 18.2 Å². The van der Waals surface area contributed by atoms with Gasteiger partial charge in [0.1, 0.15) is 11.5 Å². The lowest BCUT2D eigenvalue weighted by Gasteiger charge is -2.25. The number of benzene rings is 2. The molecular weight excluding hydrogens is 440 g/mol. The van der Waals surface area contributed by atoms with Crippen LogP contribution in [0.1, 0.15) is 61.4 Å². The third-order valence-corrected chi connectivity index (χ3v) is 6.16. The molecule has 1 amide bonds. The summed E-state index contributed by atoms with van der Waals surface area (Å²) in [4.78, 5) is 32.0. The number of hydrogen-bond acceptors (Lipinski definition) is 5. The molecule has 0 saturated carbocycles. The lowest BCUT2D eigenvalue weighted by Crippen LogP contribution is -2.29. The smallest absolute Gasteiger partial charge is 0.295 e. The number of pyridine rings is 1. The van der Waals surface area contributed by atoms with E-state index in [1.807, 2.05) is 43.3 Å². The molecular formula is C29H30N2O4. The van der Waals surface area contributed by atoms with Crippen LogP contribution in [0.3, 0.4) is 0 Å². The topological polar surface area (TPSA) is 79.7 Å². The maximum Gasteiger partial charge on any atom is 0.295 e. The van der Waals surface area contributed by atoms with Crippen LogP contribution in [0.15, 0.2) is 78.6 Å². The highest BCUT2D eigenvalue weighted by Gasteiger charge is 2.46. The van der Waals surface area contributed by atoms with Crippen molar-refractivity contribution in [2.45, 2.75) is 45.7 Å². The van der Waals surface area contributed by atoms with Crippen LogP contribution in [0.25, 0.3) is 5.76 Å². The normalized spacial score (nSPS) is 17.3. The van der Waals surface area contributed by atoms with Crippen molar-refractivity contribution in [3.8, 4) is 5.75 Å². The number of carbonyl (C=O) groups excluding carboxylic acids is 2. The average molecular weight is 471 g/mol. The lowest BCUT2D eigenvalue weighted by atomic mass is 9.93.